The summed E-state index contributed by atoms with van der Waals surface area (Å²) in [6.07, 6.45) is 1.61. The van der Waals surface area contributed by atoms with Crippen molar-refractivity contribution in [1.82, 2.24) is 14.8 Å². The van der Waals surface area contributed by atoms with Crippen molar-refractivity contribution in [3.8, 4) is 11.5 Å². The first-order valence-electron chi connectivity index (χ1n) is 13.2. The van der Waals surface area contributed by atoms with E-state index in [2.05, 4.69) is 52.4 Å². The number of nitrogens with one attached hydrogen (secondary N) is 2. The van der Waals surface area contributed by atoms with E-state index < -0.39 is 0 Å². The first-order valence-corrected chi connectivity index (χ1v) is 13.5. The number of rotatable bonds is 10. The zero-order chi connectivity index (χ0) is 27.9. The molecule has 39 heavy (non-hydrogen) atoms. The van der Waals surface area contributed by atoms with Crippen LogP contribution in [0.5, 0.6) is 11.5 Å². The van der Waals surface area contributed by atoms with Gasteiger partial charge in [-0.25, -0.2) is 4.98 Å². The largest absolute Gasteiger partial charge is 0.457 e. The number of nitrogens with two attached hydrogens (primary N) is 1. The summed E-state index contributed by atoms with van der Waals surface area (Å²) in [4.78, 5) is 23.2. The number of hydrogen-bond donors (Lipinski definition) is 3. The lowest BCUT2D eigenvalue weighted by Gasteiger charge is -2.31. The molecule has 0 radical (unpaired) electrons. The third kappa shape index (κ3) is 7.98. The van der Waals surface area contributed by atoms with E-state index in [4.69, 9.17) is 22.1 Å². The number of likely N-dealkylation sites (N-methyl/N-ethyl adjacent to an activating group) is 1. The minimum Gasteiger partial charge on any atom is -0.457 e. The van der Waals surface area contributed by atoms with E-state index in [9.17, 15) is 4.79 Å². The molecule has 2 aromatic carbocycles. The lowest BCUT2D eigenvalue weighted by atomic mass is 10.0. The van der Waals surface area contributed by atoms with Crippen LogP contribution in [-0.4, -0.2) is 74.2 Å². The number of benzene rings is 2. The van der Waals surface area contributed by atoms with Gasteiger partial charge < -0.3 is 30.9 Å². The van der Waals surface area contributed by atoms with Crippen molar-refractivity contribution < 1.29 is 9.53 Å². The highest BCUT2D eigenvalue weighted by Gasteiger charge is 2.17. The number of nitrogen functional groups attached to an aromatic ring is 1. The number of nitrogens with zero attached hydrogens (tertiary/aromatic N) is 4. The first-order chi connectivity index (χ1) is 18.7. The molecule has 0 spiro atoms. The summed E-state index contributed by atoms with van der Waals surface area (Å²) in [6.45, 7) is 8.84. The van der Waals surface area contributed by atoms with E-state index in [1.807, 2.05) is 36.2 Å². The molecule has 2 heterocycles. The molecule has 1 amide bonds. The number of carbonyl (C=O) groups is 1. The van der Waals surface area contributed by atoms with E-state index in [0.29, 0.717) is 42.1 Å². The van der Waals surface area contributed by atoms with Gasteiger partial charge in [0.05, 0.1) is 24.6 Å². The van der Waals surface area contributed by atoms with Crippen molar-refractivity contribution in [2.45, 2.75) is 19.8 Å². The number of pyridine rings is 1. The molecule has 1 saturated heterocycles. The predicted octanol–water partition coefficient (Wildman–Crippen LogP) is 4.92. The van der Waals surface area contributed by atoms with Gasteiger partial charge in [0.2, 0.25) is 5.91 Å². The molecule has 4 N–H and O–H groups in total. The monoisotopic (exact) mass is 551 g/mol. The fraction of sp³-hybridized carbons (Fsp3) is 0.379. The molecule has 1 aromatic heterocycles. The van der Waals surface area contributed by atoms with Gasteiger partial charge in [0, 0.05) is 62.3 Å². The predicted molar refractivity (Wildman–Crippen MR) is 160 cm³/mol. The van der Waals surface area contributed by atoms with Crippen molar-refractivity contribution in [1.29, 1.82) is 0 Å². The second kappa shape index (κ2) is 13.0. The number of anilines is 4. The summed E-state index contributed by atoms with van der Waals surface area (Å²) in [5.74, 6) is 1.86. The molecule has 0 aliphatic carbocycles. The molecule has 0 bridgehead atoms. The van der Waals surface area contributed by atoms with Crippen LogP contribution in [0.2, 0.25) is 5.02 Å². The lowest BCUT2D eigenvalue weighted by molar-refractivity contribution is -0.117. The average Bonchev–Trinajstić information content (AvgIpc) is 2.89. The molecule has 3 aromatic rings. The van der Waals surface area contributed by atoms with Crippen molar-refractivity contribution in [2.24, 2.45) is 0 Å². The molecule has 208 valence electrons. The van der Waals surface area contributed by atoms with Crippen LogP contribution in [0.15, 0.2) is 54.7 Å². The number of aromatic nitrogens is 1. The quantitative estimate of drug-likeness (QED) is 0.241. The van der Waals surface area contributed by atoms with Crippen molar-refractivity contribution >= 4 is 40.4 Å². The van der Waals surface area contributed by atoms with Crippen LogP contribution in [0.25, 0.3) is 0 Å². The van der Waals surface area contributed by atoms with Crippen LogP contribution in [0.4, 0.5) is 22.9 Å². The van der Waals surface area contributed by atoms with E-state index in [1.54, 1.807) is 24.4 Å². The summed E-state index contributed by atoms with van der Waals surface area (Å²) in [5.41, 5.74) is 9.95. The van der Waals surface area contributed by atoms with E-state index in [0.717, 1.165) is 48.1 Å². The fourth-order valence-electron chi connectivity index (χ4n) is 4.41. The average molecular weight is 552 g/mol. The molecule has 4 rings (SSSR count). The molecule has 0 unspecified atom stereocenters. The van der Waals surface area contributed by atoms with Gasteiger partial charge in [-0.05, 0) is 54.9 Å². The topological polar surface area (TPSA) is 99.0 Å². The highest BCUT2D eigenvalue weighted by molar-refractivity contribution is 6.31. The van der Waals surface area contributed by atoms with Crippen LogP contribution >= 0.6 is 11.6 Å². The summed E-state index contributed by atoms with van der Waals surface area (Å²) in [6, 6.07) is 15.0. The number of hydrogen-bond acceptors (Lipinski definition) is 8. The van der Waals surface area contributed by atoms with Crippen molar-refractivity contribution in [2.75, 3.05) is 74.8 Å². The van der Waals surface area contributed by atoms with Crippen LogP contribution < -0.4 is 26.0 Å². The zero-order valence-corrected chi connectivity index (χ0v) is 23.8. The SMILES string of the molecule is CC(C)c1cc(NCN(C)c2ccc(Oc3ccnc(NC(=O)CN4CCN(C)CC4)c3)cc2N)ccc1Cl. The van der Waals surface area contributed by atoms with Gasteiger partial charge in [0.15, 0.2) is 0 Å². The Hall–Kier alpha value is -3.53. The molecule has 1 aliphatic heterocycles. The van der Waals surface area contributed by atoms with Gasteiger partial charge in [0.1, 0.15) is 17.3 Å². The molecule has 10 heteroatoms. The van der Waals surface area contributed by atoms with Gasteiger partial charge in [0.25, 0.3) is 0 Å². The number of halogens is 1. The third-order valence-electron chi connectivity index (χ3n) is 6.75. The Labute approximate surface area is 235 Å². The Morgan fingerprint density at radius 1 is 1.10 bits per heavy atom. The summed E-state index contributed by atoms with van der Waals surface area (Å²) < 4.78 is 6.02. The number of piperazine rings is 1. The van der Waals surface area contributed by atoms with Crippen molar-refractivity contribution in [3.05, 3.63) is 65.3 Å². The Morgan fingerprint density at radius 3 is 2.56 bits per heavy atom. The maximum Gasteiger partial charge on any atom is 0.239 e. The molecule has 1 fully saturated rings. The minimum absolute atomic E-state index is 0.0894. The van der Waals surface area contributed by atoms with Crippen LogP contribution in [0, 0.1) is 0 Å². The van der Waals surface area contributed by atoms with Crippen molar-refractivity contribution in [3.63, 3.8) is 0 Å². The van der Waals surface area contributed by atoms with Crippen LogP contribution in [0.3, 0.4) is 0 Å². The van der Waals surface area contributed by atoms with E-state index in [1.165, 1.54) is 0 Å². The summed E-state index contributed by atoms with van der Waals surface area (Å²) >= 11 is 6.32. The van der Waals surface area contributed by atoms with E-state index >= 15 is 0 Å². The third-order valence-corrected chi connectivity index (χ3v) is 7.09. The smallest absolute Gasteiger partial charge is 0.239 e. The molecule has 1 aliphatic rings. The Morgan fingerprint density at radius 2 is 1.85 bits per heavy atom. The van der Waals surface area contributed by atoms with Gasteiger partial charge in [-0.1, -0.05) is 25.4 Å². The van der Waals surface area contributed by atoms with Crippen LogP contribution in [0.1, 0.15) is 25.3 Å². The zero-order valence-electron chi connectivity index (χ0n) is 23.1. The molecular formula is C29H38ClN7O2. The molecule has 0 saturated carbocycles. The normalized spacial score (nSPS) is 14.3. The number of amides is 1. The maximum absolute atomic E-state index is 12.5. The highest BCUT2D eigenvalue weighted by Crippen LogP contribution is 2.31. The molecule has 0 atom stereocenters. The second-order valence-electron chi connectivity index (χ2n) is 10.3. The molecular weight excluding hydrogens is 514 g/mol. The number of carbonyl (C=O) groups excluding carboxylic acids is 1. The lowest BCUT2D eigenvalue weighted by Crippen LogP contribution is -2.47. The Bertz CT molecular complexity index is 1280. The Balaban J connectivity index is 1.32. The van der Waals surface area contributed by atoms with Crippen LogP contribution in [-0.2, 0) is 4.79 Å². The first kappa shape index (κ1) is 28.5. The van der Waals surface area contributed by atoms with E-state index in [-0.39, 0.29) is 5.91 Å². The molecule has 9 nitrogen and oxygen atoms in total. The minimum atomic E-state index is -0.0894. The van der Waals surface area contributed by atoms with Gasteiger partial charge in [-0.3, -0.25) is 9.69 Å². The highest BCUT2D eigenvalue weighted by atomic mass is 35.5. The van der Waals surface area contributed by atoms with Gasteiger partial charge >= 0.3 is 0 Å². The van der Waals surface area contributed by atoms with Gasteiger partial charge in [-0.15, -0.1) is 0 Å². The summed E-state index contributed by atoms with van der Waals surface area (Å²) in [5, 5.41) is 7.08. The maximum atomic E-state index is 12.5. The fourth-order valence-corrected chi connectivity index (χ4v) is 4.74. The van der Waals surface area contributed by atoms with Gasteiger partial charge in [-0.2, -0.15) is 0 Å². The Kier molecular flexibility index (Phi) is 9.50. The second-order valence-corrected chi connectivity index (χ2v) is 10.7. The summed E-state index contributed by atoms with van der Waals surface area (Å²) in [7, 11) is 4.06. The number of ether oxygens (including phenoxy) is 1. The standard InChI is InChI=1S/C29H38ClN7O2/c1-20(2)24-15-21(5-7-25(24)30)33-19-36(4)27-8-6-22(16-26(27)31)39-23-9-10-32-28(17-23)34-29(38)18-37-13-11-35(3)12-14-37/h5-10,15-17,20,33H,11-14,18-19,31H2,1-4H3,(H,32,34,38).